The zero-order valence-corrected chi connectivity index (χ0v) is 12.0. The topological polar surface area (TPSA) is 69.8 Å². The summed E-state index contributed by atoms with van der Waals surface area (Å²) in [5.41, 5.74) is 2.12. The van der Waals surface area contributed by atoms with Gasteiger partial charge in [0.15, 0.2) is 0 Å². The Morgan fingerprint density at radius 3 is 2.60 bits per heavy atom. The summed E-state index contributed by atoms with van der Waals surface area (Å²) >= 11 is 0. The van der Waals surface area contributed by atoms with Crippen LogP contribution in [0.15, 0.2) is 18.2 Å². The van der Waals surface area contributed by atoms with Crippen molar-refractivity contribution in [3.63, 3.8) is 0 Å². The van der Waals surface area contributed by atoms with Gasteiger partial charge in [0.25, 0.3) is 5.69 Å². The van der Waals surface area contributed by atoms with Crippen LogP contribution < -0.4 is 4.90 Å². The summed E-state index contributed by atoms with van der Waals surface area (Å²) in [6.45, 7) is 2.24. The summed E-state index contributed by atoms with van der Waals surface area (Å²) < 4.78 is 0. The molecule has 1 aromatic rings. The molecule has 0 amide bonds. The number of piperidine rings is 1. The fraction of sp³-hybridized carbons (Fsp3) is 0.571. The molecule has 0 radical (unpaired) electrons. The summed E-state index contributed by atoms with van der Waals surface area (Å²) in [5.74, 6) is 0. The summed E-state index contributed by atoms with van der Waals surface area (Å²) in [7, 11) is 3.89. The maximum atomic E-state index is 10.9. The minimum absolute atomic E-state index is 0.127. The molecule has 0 bridgehead atoms. The number of hydrogen-bond acceptors (Lipinski definition) is 5. The Bertz CT molecular complexity index is 483. The van der Waals surface area contributed by atoms with Gasteiger partial charge in [-0.05, 0) is 38.6 Å². The van der Waals surface area contributed by atoms with Gasteiger partial charge in [0.1, 0.15) is 0 Å². The van der Waals surface area contributed by atoms with Crippen molar-refractivity contribution in [2.75, 3.05) is 32.1 Å². The highest BCUT2D eigenvalue weighted by Crippen LogP contribution is 2.28. The van der Waals surface area contributed by atoms with Crippen LogP contribution in [-0.4, -0.2) is 48.2 Å². The SMILES string of the molecule is CN(C)Cc1cc([N+](=O)[O-])ccc1N1CCC(O)CC1. The van der Waals surface area contributed by atoms with E-state index < -0.39 is 0 Å². The van der Waals surface area contributed by atoms with Gasteiger partial charge >= 0.3 is 0 Å². The van der Waals surface area contributed by atoms with Crippen molar-refractivity contribution in [2.24, 2.45) is 0 Å². The number of aliphatic hydroxyl groups is 1. The minimum Gasteiger partial charge on any atom is -0.393 e. The average Bonchev–Trinajstić information content (AvgIpc) is 2.39. The summed E-state index contributed by atoms with van der Waals surface area (Å²) in [5, 5.41) is 20.5. The fourth-order valence-corrected chi connectivity index (χ4v) is 2.57. The predicted octanol–water partition coefficient (Wildman–Crippen LogP) is 1.62. The highest BCUT2D eigenvalue weighted by atomic mass is 16.6. The third-order valence-electron chi connectivity index (χ3n) is 3.57. The van der Waals surface area contributed by atoms with Crippen molar-refractivity contribution in [3.05, 3.63) is 33.9 Å². The fourth-order valence-electron chi connectivity index (χ4n) is 2.57. The van der Waals surface area contributed by atoms with Crippen LogP contribution >= 0.6 is 0 Å². The molecule has 1 heterocycles. The summed E-state index contributed by atoms with van der Waals surface area (Å²) in [6, 6.07) is 5.04. The number of hydrogen-bond donors (Lipinski definition) is 1. The van der Waals surface area contributed by atoms with E-state index >= 15 is 0 Å². The lowest BCUT2D eigenvalue weighted by Gasteiger charge is -2.33. The normalized spacial score (nSPS) is 16.7. The Hall–Kier alpha value is -1.66. The van der Waals surface area contributed by atoms with Gasteiger partial charge in [-0.15, -0.1) is 0 Å². The lowest BCUT2D eigenvalue weighted by molar-refractivity contribution is -0.384. The molecule has 1 N–H and O–H groups in total. The van der Waals surface area contributed by atoms with Gasteiger partial charge in [-0.25, -0.2) is 0 Å². The lowest BCUT2D eigenvalue weighted by atomic mass is 10.0. The molecule has 6 heteroatoms. The second kappa shape index (κ2) is 6.19. The maximum Gasteiger partial charge on any atom is 0.269 e. The monoisotopic (exact) mass is 279 g/mol. The maximum absolute atomic E-state index is 10.9. The van der Waals surface area contributed by atoms with E-state index in [-0.39, 0.29) is 16.7 Å². The lowest BCUT2D eigenvalue weighted by Crippen LogP contribution is -2.36. The molecular weight excluding hydrogens is 258 g/mol. The van der Waals surface area contributed by atoms with E-state index in [9.17, 15) is 15.2 Å². The number of rotatable bonds is 4. The Kier molecular flexibility index (Phi) is 4.57. The molecule has 0 unspecified atom stereocenters. The molecule has 1 aromatic carbocycles. The van der Waals surface area contributed by atoms with E-state index in [2.05, 4.69) is 4.90 Å². The van der Waals surface area contributed by atoms with Crippen LogP contribution in [-0.2, 0) is 6.54 Å². The van der Waals surface area contributed by atoms with Gasteiger partial charge in [0.2, 0.25) is 0 Å². The second-order valence-corrected chi connectivity index (χ2v) is 5.53. The molecular formula is C14H21N3O3. The highest BCUT2D eigenvalue weighted by Gasteiger charge is 2.21. The van der Waals surface area contributed by atoms with E-state index in [1.165, 1.54) is 0 Å². The van der Waals surface area contributed by atoms with Crippen LogP contribution in [0.5, 0.6) is 0 Å². The van der Waals surface area contributed by atoms with Crippen molar-refractivity contribution in [1.82, 2.24) is 4.90 Å². The van der Waals surface area contributed by atoms with Gasteiger partial charge in [-0.2, -0.15) is 0 Å². The van der Waals surface area contributed by atoms with Crippen molar-refractivity contribution in [1.29, 1.82) is 0 Å². The van der Waals surface area contributed by atoms with Gasteiger partial charge in [0, 0.05) is 37.5 Å². The Labute approximate surface area is 118 Å². The third-order valence-corrected chi connectivity index (χ3v) is 3.57. The average molecular weight is 279 g/mol. The number of non-ortho nitro benzene ring substituents is 1. The molecule has 1 aliphatic heterocycles. The van der Waals surface area contributed by atoms with Crippen molar-refractivity contribution < 1.29 is 10.0 Å². The molecule has 20 heavy (non-hydrogen) atoms. The van der Waals surface area contributed by atoms with Crippen molar-refractivity contribution in [2.45, 2.75) is 25.5 Å². The summed E-state index contributed by atoms with van der Waals surface area (Å²) in [4.78, 5) is 14.8. The Morgan fingerprint density at radius 1 is 1.40 bits per heavy atom. The molecule has 1 saturated heterocycles. The Morgan fingerprint density at radius 2 is 2.05 bits per heavy atom. The molecule has 0 saturated carbocycles. The highest BCUT2D eigenvalue weighted by molar-refractivity contribution is 5.58. The first-order valence-corrected chi connectivity index (χ1v) is 6.82. The van der Waals surface area contributed by atoms with E-state index in [1.807, 2.05) is 25.1 Å². The molecule has 0 aromatic heterocycles. The predicted molar refractivity (Wildman–Crippen MR) is 77.9 cm³/mol. The molecule has 1 fully saturated rings. The first-order chi connectivity index (χ1) is 9.47. The minimum atomic E-state index is -0.358. The molecule has 6 nitrogen and oxygen atoms in total. The zero-order chi connectivity index (χ0) is 14.7. The molecule has 0 aliphatic carbocycles. The van der Waals surface area contributed by atoms with Crippen LogP contribution in [0, 0.1) is 10.1 Å². The molecule has 110 valence electrons. The van der Waals surface area contributed by atoms with Crippen LogP contribution in [0.3, 0.4) is 0 Å². The standard InChI is InChI=1S/C14H21N3O3/c1-15(2)10-11-9-12(17(19)20)3-4-14(11)16-7-5-13(18)6-8-16/h3-4,9,13,18H,5-8,10H2,1-2H3. The molecule has 0 spiro atoms. The van der Waals surface area contributed by atoms with E-state index in [0.29, 0.717) is 6.54 Å². The second-order valence-electron chi connectivity index (χ2n) is 5.53. The number of aliphatic hydroxyl groups excluding tert-OH is 1. The zero-order valence-electron chi connectivity index (χ0n) is 12.0. The number of benzene rings is 1. The third kappa shape index (κ3) is 3.46. The van der Waals surface area contributed by atoms with Gasteiger partial charge < -0.3 is 14.9 Å². The first-order valence-electron chi connectivity index (χ1n) is 6.82. The number of anilines is 1. The first kappa shape index (κ1) is 14.7. The smallest absolute Gasteiger partial charge is 0.269 e. The quantitative estimate of drug-likeness (QED) is 0.670. The van der Waals surface area contributed by atoms with Gasteiger partial charge in [-0.1, -0.05) is 0 Å². The van der Waals surface area contributed by atoms with Crippen LogP contribution in [0.1, 0.15) is 18.4 Å². The Balaban J connectivity index is 2.28. The van der Waals surface area contributed by atoms with Crippen LogP contribution in [0.2, 0.25) is 0 Å². The van der Waals surface area contributed by atoms with Crippen LogP contribution in [0.4, 0.5) is 11.4 Å². The van der Waals surface area contributed by atoms with E-state index in [0.717, 1.165) is 37.2 Å². The molecule has 2 rings (SSSR count). The summed E-state index contributed by atoms with van der Waals surface area (Å²) in [6.07, 6.45) is 1.28. The van der Waals surface area contributed by atoms with Gasteiger partial charge in [0.05, 0.1) is 11.0 Å². The van der Waals surface area contributed by atoms with Gasteiger partial charge in [-0.3, -0.25) is 10.1 Å². The number of nitro benzene ring substituents is 1. The van der Waals surface area contributed by atoms with Crippen molar-refractivity contribution in [3.8, 4) is 0 Å². The van der Waals surface area contributed by atoms with Crippen molar-refractivity contribution >= 4 is 11.4 Å². The molecule has 1 aliphatic rings. The number of nitrogens with zero attached hydrogens (tertiary/aromatic N) is 3. The molecule has 0 atom stereocenters. The van der Waals surface area contributed by atoms with Crippen LogP contribution in [0.25, 0.3) is 0 Å². The van der Waals surface area contributed by atoms with E-state index in [1.54, 1.807) is 12.1 Å². The largest absolute Gasteiger partial charge is 0.393 e. The number of nitro groups is 1. The van der Waals surface area contributed by atoms with E-state index in [4.69, 9.17) is 0 Å².